The fraction of sp³-hybridized carbons (Fsp3) is 0.529. The number of aliphatic hydroxyl groups excluding tert-OH is 1. The van der Waals surface area contributed by atoms with Gasteiger partial charge in [0.25, 0.3) is 0 Å². The van der Waals surface area contributed by atoms with E-state index >= 15 is 0 Å². The lowest BCUT2D eigenvalue weighted by atomic mass is 9.88. The first-order valence-electron chi connectivity index (χ1n) is 7.54. The zero-order chi connectivity index (χ0) is 17.6. The number of carbonyl (C=O) groups excluding carboxylic acids is 1. The molecule has 0 saturated heterocycles. The first-order valence-corrected chi connectivity index (χ1v) is 7.54. The summed E-state index contributed by atoms with van der Waals surface area (Å²) >= 11 is 0. The van der Waals surface area contributed by atoms with Gasteiger partial charge >= 0.3 is 5.97 Å². The van der Waals surface area contributed by atoms with Gasteiger partial charge in [-0.1, -0.05) is 32.9 Å². The zero-order valence-corrected chi connectivity index (χ0v) is 13.7. The second-order valence-corrected chi connectivity index (χ2v) is 6.83. The number of amides is 1. The Hall–Kier alpha value is -1.95. The number of carboxylic acid groups (broad SMARTS) is 1. The van der Waals surface area contributed by atoms with Gasteiger partial charge in [-0.05, 0) is 36.0 Å². The van der Waals surface area contributed by atoms with Gasteiger partial charge in [0.15, 0.2) is 0 Å². The molecule has 1 aromatic rings. The average Bonchev–Trinajstić information content (AvgIpc) is 2.42. The second kappa shape index (κ2) is 8.06. The largest absolute Gasteiger partial charge is 0.480 e. The van der Waals surface area contributed by atoms with Gasteiger partial charge in [-0.3, -0.25) is 4.79 Å². The van der Waals surface area contributed by atoms with Gasteiger partial charge < -0.3 is 15.5 Å². The van der Waals surface area contributed by atoms with Crippen molar-refractivity contribution in [3.63, 3.8) is 0 Å². The van der Waals surface area contributed by atoms with Gasteiger partial charge in [0, 0.05) is 0 Å². The lowest BCUT2D eigenvalue weighted by Crippen LogP contribution is -2.41. The zero-order valence-electron chi connectivity index (χ0n) is 13.7. The Bertz CT molecular complexity index is 554. The van der Waals surface area contributed by atoms with Crippen LogP contribution in [-0.4, -0.2) is 28.1 Å². The molecule has 6 heteroatoms. The summed E-state index contributed by atoms with van der Waals surface area (Å²) in [6.45, 7) is 5.96. The summed E-state index contributed by atoms with van der Waals surface area (Å²) in [5.41, 5.74) is 0.237. The maximum absolute atomic E-state index is 13.1. The Morgan fingerprint density at radius 3 is 2.48 bits per heavy atom. The minimum Gasteiger partial charge on any atom is -0.480 e. The van der Waals surface area contributed by atoms with E-state index < -0.39 is 29.8 Å². The Labute approximate surface area is 135 Å². The number of aliphatic carboxylic acids is 1. The Morgan fingerprint density at radius 2 is 1.96 bits per heavy atom. The predicted octanol–water partition coefficient (Wildman–Crippen LogP) is 2.64. The van der Waals surface area contributed by atoms with Gasteiger partial charge in [0.1, 0.15) is 11.9 Å². The monoisotopic (exact) mass is 325 g/mol. The van der Waals surface area contributed by atoms with Crippen molar-refractivity contribution in [1.29, 1.82) is 0 Å². The fourth-order valence-corrected chi connectivity index (χ4v) is 2.10. The molecule has 0 aliphatic rings. The molecule has 2 atom stereocenters. The summed E-state index contributed by atoms with van der Waals surface area (Å²) < 4.78 is 13.1. The van der Waals surface area contributed by atoms with E-state index in [4.69, 9.17) is 0 Å². The molecular formula is C17H24FNO4. The lowest BCUT2D eigenvalue weighted by Gasteiger charge is -2.22. The highest BCUT2D eigenvalue weighted by Gasteiger charge is 2.24. The average molecular weight is 325 g/mol. The number of hydrogen-bond acceptors (Lipinski definition) is 3. The minimum absolute atomic E-state index is 0.0422. The first-order chi connectivity index (χ1) is 10.6. The van der Waals surface area contributed by atoms with E-state index in [2.05, 4.69) is 5.32 Å². The SMILES string of the molecule is CC(C)(C)CCC(NC(=O)CC(O)c1cccc(F)c1)C(=O)O. The number of hydrogen-bond donors (Lipinski definition) is 3. The Kier molecular flexibility index (Phi) is 6.69. The minimum atomic E-state index is -1.18. The van der Waals surface area contributed by atoms with E-state index in [1.807, 2.05) is 20.8 Å². The number of nitrogens with one attached hydrogen (secondary N) is 1. The molecule has 1 amide bonds. The third-order valence-electron chi connectivity index (χ3n) is 3.43. The standard InChI is InChI=1S/C17H24FNO4/c1-17(2,3)8-7-13(16(22)23)19-15(21)10-14(20)11-5-4-6-12(18)9-11/h4-6,9,13-14,20H,7-8,10H2,1-3H3,(H,19,21)(H,22,23). The second-order valence-electron chi connectivity index (χ2n) is 6.83. The molecule has 0 aromatic heterocycles. The van der Waals surface area contributed by atoms with Crippen molar-refractivity contribution in [2.24, 2.45) is 5.41 Å². The van der Waals surface area contributed by atoms with Crippen LogP contribution in [0.4, 0.5) is 4.39 Å². The summed E-state index contributed by atoms with van der Waals surface area (Å²) in [6, 6.07) is 4.33. The highest BCUT2D eigenvalue weighted by Crippen LogP contribution is 2.22. The van der Waals surface area contributed by atoms with Crippen LogP contribution in [0.25, 0.3) is 0 Å². The molecule has 0 saturated carbocycles. The molecule has 0 spiro atoms. The van der Waals surface area contributed by atoms with Crippen LogP contribution in [0.15, 0.2) is 24.3 Å². The van der Waals surface area contributed by atoms with Crippen molar-refractivity contribution < 1.29 is 24.2 Å². The maximum Gasteiger partial charge on any atom is 0.326 e. The van der Waals surface area contributed by atoms with E-state index in [1.165, 1.54) is 18.2 Å². The van der Waals surface area contributed by atoms with E-state index in [0.29, 0.717) is 12.8 Å². The van der Waals surface area contributed by atoms with Crippen molar-refractivity contribution in [3.05, 3.63) is 35.6 Å². The molecule has 0 heterocycles. The molecule has 0 radical (unpaired) electrons. The summed E-state index contributed by atoms with van der Waals surface area (Å²) in [6.07, 6.45) is -0.553. The van der Waals surface area contributed by atoms with Crippen LogP contribution in [0.3, 0.4) is 0 Å². The van der Waals surface area contributed by atoms with Gasteiger partial charge in [0.2, 0.25) is 5.91 Å². The number of carbonyl (C=O) groups is 2. The molecule has 0 aliphatic carbocycles. The molecule has 5 nitrogen and oxygen atoms in total. The van der Waals surface area contributed by atoms with Crippen LogP contribution >= 0.6 is 0 Å². The fourth-order valence-electron chi connectivity index (χ4n) is 2.10. The van der Waals surface area contributed by atoms with Crippen LogP contribution < -0.4 is 5.32 Å². The molecule has 0 bridgehead atoms. The molecule has 1 aromatic carbocycles. The molecule has 23 heavy (non-hydrogen) atoms. The third-order valence-corrected chi connectivity index (χ3v) is 3.43. The summed E-state index contributed by atoms with van der Waals surface area (Å²) in [7, 11) is 0. The Morgan fingerprint density at radius 1 is 1.30 bits per heavy atom. The van der Waals surface area contributed by atoms with Crippen LogP contribution in [0.1, 0.15) is 51.7 Å². The number of carboxylic acids is 1. The topological polar surface area (TPSA) is 86.6 Å². The lowest BCUT2D eigenvalue weighted by molar-refractivity contribution is -0.142. The summed E-state index contributed by atoms with van der Waals surface area (Å²) in [4.78, 5) is 23.1. The van der Waals surface area contributed by atoms with E-state index in [9.17, 15) is 24.2 Å². The number of halogens is 1. The molecule has 128 valence electrons. The number of benzene rings is 1. The predicted molar refractivity (Wildman–Crippen MR) is 84.2 cm³/mol. The van der Waals surface area contributed by atoms with Gasteiger partial charge in [-0.2, -0.15) is 0 Å². The van der Waals surface area contributed by atoms with Gasteiger partial charge in [-0.15, -0.1) is 0 Å². The Balaban J connectivity index is 2.60. The van der Waals surface area contributed by atoms with Crippen LogP contribution in [0.5, 0.6) is 0 Å². The molecule has 2 unspecified atom stereocenters. The molecule has 3 N–H and O–H groups in total. The number of aliphatic hydroxyl groups is 1. The third kappa shape index (κ3) is 7.23. The van der Waals surface area contributed by atoms with Crippen LogP contribution in [0, 0.1) is 11.2 Å². The highest BCUT2D eigenvalue weighted by atomic mass is 19.1. The molecular weight excluding hydrogens is 301 g/mol. The van der Waals surface area contributed by atoms with Crippen molar-refractivity contribution in [3.8, 4) is 0 Å². The van der Waals surface area contributed by atoms with Crippen molar-refractivity contribution in [2.45, 2.75) is 52.2 Å². The van der Waals surface area contributed by atoms with E-state index in [0.717, 1.165) is 6.07 Å². The van der Waals surface area contributed by atoms with Gasteiger partial charge in [-0.25, -0.2) is 9.18 Å². The normalized spacial score (nSPS) is 14.1. The smallest absolute Gasteiger partial charge is 0.326 e. The quantitative estimate of drug-likeness (QED) is 0.719. The number of rotatable bonds is 7. The van der Waals surface area contributed by atoms with E-state index in [-0.39, 0.29) is 17.4 Å². The van der Waals surface area contributed by atoms with E-state index in [1.54, 1.807) is 0 Å². The summed E-state index contributed by atoms with van der Waals surface area (Å²) in [5.74, 6) is -2.19. The summed E-state index contributed by atoms with van der Waals surface area (Å²) in [5, 5.41) is 21.5. The molecule has 0 aliphatic heterocycles. The molecule has 0 fully saturated rings. The first kappa shape index (κ1) is 19.1. The van der Waals surface area contributed by atoms with Crippen molar-refractivity contribution >= 4 is 11.9 Å². The van der Waals surface area contributed by atoms with Crippen molar-refractivity contribution in [2.75, 3.05) is 0 Å². The van der Waals surface area contributed by atoms with Crippen molar-refractivity contribution in [1.82, 2.24) is 5.32 Å². The van der Waals surface area contributed by atoms with Gasteiger partial charge in [0.05, 0.1) is 12.5 Å². The maximum atomic E-state index is 13.1. The highest BCUT2D eigenvalue weighted by molar-refractivity contribution is 5.83. The molecule has 1 rings (SSSR count). The van der Waals surface area contributed by atoms with Crippen LogP contribution in [-0.2, 0) is 9.59 Å². The van der Waals surface area contributed by atoms with Crippen LogP contribution in [0.2, 0.25) is 0 Å².